The Morgan fingerprint density at radius 1 is 1.00 bits per heavy atom. The van der Waals surface area contributed by atoms with E-state index in [2.05, 4.69) is 15.7 Å². The van der Waals surface area contributed by atoms with Crippen molar-refractivity contribution in [1.82, 2.24) is 9.78 Å². The van der Waals surface area contributed by atoms with Gasteiger partial charge in [-0.3, -0.25) is 9.59 Å². The number of amides is 2. The first-order valence-electron chi connectivity index (χ1n) is 9.33. The van der Waals surface area contributed by atoms with Gasteiger partial charge in [-0.1, -0.05) is 56.1 Å². The minimum atomic E-state index is -0.537. The molecule has 8 heteroatoms. The number of rotatable bonds is 5. The third-order valence-corrected chi connectivity index (χ3v) is 5.10. The van der Waals surface area contributed by atoms with Crippen LogP contribution in [0.4, 0.5) is 11.5 Å². The van der Waals surface area contributed by atoms with Crippen LogP contribution in [0.25, 0.3) is 0 Å². The molecule has 0 unspecified atom stereocenters. The molecule has 0 saturated carbocycles. The summed E-state index contributed by atoms with van der Waals surface area (Å²) in [5, 5.41) is 11.0. The Morgan fingerprint density at radius 3 is 2.33 bits per heavy atom. The zero-order valence-corrected chi connectivity index (χ0v) is 18.4. The van der Waals surface area contributed by atoms with Gasteiger partial charge in [0.2, 0.25) is 5.91 Å². The lowest BCUT2D eigenvalue weighted by Crippen LogP contribution is -2.27. The Labute approximate surface area is 185 Å². The summed E-state index contributed by atoms with van der Waals surface area (Å²) >= 11 is 12.5. The third kappa shape index (κ3) is 5.20. The van der Waals surface area contributed by atoms with Crippen LogP contribution in [-0.4, -0.2) is 21.6 Å². The highest BCUT2D eigenvalue weighted by molar-refractivity contribution is 6.36. The Morgan fingerprint density at radius 2 is 1.67 bits per heavy atom. The lowest BCUT2D eigenvalue weighted by atomic mass is 9.95. The Kier molecular flexibility index (Phi) is 6.48. The first-order valence-corrected chi connectivity index (χ1v) is 10.1. The number of carbonyl (C=O) groups is 2. The molecule has 2 N–H and O–H groups in total. The number of hydrogen-bond donors (Lipinski definition) is 2. The first kappa shape index (κ1) is 21.9. The van der Waals surface area contributed by atoms with Gasteiger partial charge in [-0.2, -0.15) is 5.10 Å². The van der Waals surface area contributed by atoms with Crippen molar-refractivity contribution in [2.24, 2.45) is 5.41 Å². The maximum absolute atomic E-state index is 12.8. The number of halogens is 2. The zero-order valence-electron chi connectivity index (χ0n) is 16.9. The molecule has 1 aromatic heterocycles. The van der Waals surface area contributed by atoms with Crippen LogP contribution in [0.2, 0.25) is 10.0 Å². The first-order chi connectivity index (χ1) is 14.1. The molecule has 2 amide bonds. The van der Waals surface area contributed by atoms with Crippen molar-refractivity contribution >= 4 is 46.5 Å². The van der Waals surface area contributed by atoms with Crippen molar-refractivity contribution in [3.63, 3.8) is 0 Å². The van der Waals surface area contributed by atoms with Gasteiger partial charge in [0, 0.05) is 38.3 Å². The fourth-order valence-corrected chi connectivity index (χ4v) is 3.16. The average molecular weight is 445 g/mol. The van der Waals surface area contributed by atoms with Crippen molar-refractivity contribution in [2.75, 3.05) is 10.6 Å². The fraction of sp³-hybridized carbons (Fsp3) is 0.227. The highest BCUT2D eigenvalue weighted by atomic mass is 35.5. The monoisotopic (exact) mass is 444 g/mol. The van der Waals surface area contributed by atoms with E-state index in [1.165, 1.54) is 0 Å². The Balaban J connectivity index is 1.76. The number of anilines is 2. The lowest BCUT2D eigenvalue weighted by molar-refractivity contribution is -0.123. The molecule has 0 atom stereocenters. The Bertz CT molecular complexity index is 1070. The van der Waals surface area contributed by atoms with E-state index >= 15 is 0 Å². The van der Waals surface area contributed by atoms with E-state index in [-0.39, 0.29) is 11.8 Å². The minimum Gasteiger partial charge on any atom is -0.326 e. The van der Waals surface area contributed by atoms with Crippen LogP contribution in [0.5, 0.6) is 0 Å². The normalized spacial score (nSPS) is 11.2. The third-order valence-electron chi connectivity index (χ3n) is 4.39. The van der Waals surface area contributed by atoms with Gasteiger partial charge >= 0.3 is 0 Å². The molecule has 3 aromatic rings. The topological polar surface area (TPSA) is 76.0 Å². The van der Waals surface area contributed by atoms with E-state index in [0.717, 1.165) is 0 Å². The molecule has 0 spiro atoms. The summed E-state index contributed by atoms with van der Waals surface area (Å²) < 4.78 is 1.61. The number of benzene rings is 2. The number of nitrogens with one attached hydrogen (secondary N) is 2. The van der Waals surface area contributed by atoms with Gasteiger partial charge in [0.05, 0.1) is 12.7 Å². The van der Waals surface area contributed by atoms with Crippen molar-refractivity contribution in [3.8, 4) is 0 Å². The molecule has 2 aromatic carbocycles. The summed E-state index contributed by atoms with van der Waals surface area (Å²) in [4.78, 5) is 25.0. The number of carbonyl (C=O) groups excluding carboxylic acids is 2. The maximum Gasteiger partial charge on any atom is 0.256 e. The van der Waals surface area contributed by atoms with Gasteiger partial charge in [0.1, 0.15) is 5.82 Å². The maximum atomic E-state index is 12.8. The summed E-state index contributed by atoms with van der Waals surface area (Å²) in [6.45, 7) is 5.78. The van der Waals surface area contributed by atoms with Crippen LogP contribution < -0.4 is 10.6 Å². The molecule has 0 aliphatic rings. The zero-order chi connectivity index (χ0) is 21.9. The molecule has 0 fully saturated rings. The molecule has 1 heterocycles. The fourth-order valence-electron chi connectivity index (χ4n) is 2.64. The average Bonchev–Trinajstić information content (AvgIpc) is 3.11. The summed E-state index contributed by atoms with van der Waals surface area (Å²) in [5.41, 5.74) is 1.14. The van der Waals surface area contributed by atoms with E-state index in [1.807, 2.05) is 20.8 Å². The number of nitrogens with zero attached hydrogens (tertiary/aromatic N) is 2. The van der Waals surface area contributed by atoms with E-state index < -0.39 is 5.41 Å². The summed E-state index contributed by atoms with van der Waals surface area (Å²) in [5.74, 6) is 0.0451. The number of hydrogen-bond acceptors (Lipinski definition) is 3. The van der Waals surface area contributed by atoms with Crippen LogP contribution in [0.1, 0.15) is 36.7 Å². The smallest absolute Gasteiger partial charge is 0.256 e. The SMILES string of the molecule is CC(C)(C)C(=O)Nc1cccc(C(=O)Nc2ccnn2Cc2c(Cl)cccc2Cl)c1. The quantitative estimate of drug-likeness (QED) is 0.547. The second kappa shape index (κ2) is 8.90. The van der Waals surface area contributed by atoms with Crippen LogP contribution in [-0.2, 0) is 11.3 Å². The highest BCUT2D eigenvalue weighted by Gasteiger charge is 2.21. The number of aromatic nitrogens is 2. The highest BCUT2D eigenvalue weighted by Crippen LogP contribution is 2.26. The molecular formula is C22H22Cl2N4O2. The second-order valence-electron chi connectivity index (χ2n) is 7.81. The van der Waals surface area contributed by atoms with Crippen LogP contribution in [0, 0.1) is 5.41 Å². The molecule has 0 saturated heterocycles. The van der Waals surface area contributed by atoms with Crippen LogP contribution >= 0.6 is 23.2 Å². The molecule has 6 nitrogen and oxygen atoms in total. The standard InChI is InChI=1S/C22H22Cl2N4O2/c1-22(2,3)21(30)26-15-7-4-6-14(12-15)20(29)27-19-10-11-25-28(19)13-16-17(23)8-5-9-18(16)24/h4-12H,13H2,1-3H3,(H,26,30)(H,27,29). The van der Waals surface area contributed by atoms with Crippen LogP contribution in [0.15, 0.2) is 54.7 Å². The lowest BCUT2D eigenvalue weighted by Gasteiger charge is -2.18. The van der Waals surface area contributed by atoms with E-state index in [9.17, 15) is 9.59 Å². The molecular weight excluding hydrogens is 423 g/mol. The van der Waals surface area contributed by atoms with E-state index in [1.54, 1.807) is 59.4 Å². The van der Waals surface area contributed by atoms with Gasteiger partial charge in [0.15, 0.2) is 0 Å². The van der Waals surface area contributed by atoms with Crippen molar-refractivity contribution in [1.29, 1.82) is 0 Å². The molecule has 0 aliphatic heterocycles. The van der Waals surface area contributed by atoms with Crippen LogP contribution in [0.3, 0.4) is 0 Å². The van der Waals surface area contributed by atoms with Gasteiger partial charge in [0.25, 0.3) is 5.91 Å². The molecule has 3 rings (SSSR count). The molecule has 0 radical (unpaired) electrons. The van der Waals surface area contributed by atoms with E-state index in [0.29, 0.717) is 39.2 Å². The van der Waals surface area contributed by atoms with Crippen molar-refractivity contribution in [3.05, 3.63) is 75.9 Å². The Hall–Kier alpha value is -2.83. The summed E-state index contributed by atoms with van der Waals surface area (Å²) in [7, 11) is 0. The van der Waals surface area contributed by atoms with Gasteiger partial charge < -0.3 is 10.6 Å². The predicted octanol–water partition coefficient (Wildman–Crippen LogP) is 5.48. The van der Waals surface area contributed by atoms with Crippen molar-refractivity contribution < 1.29 is 9.59 Å². The van der Waals surface area contributed by atoms with Gasteiger partial charge in [-0.05, 0) is 30.3 Å². The summed E-state index contributed by atoms with van der Waals surface area (Å²) in [6, 6.07) is 13.7. The van der Waals surface area contributed by atoms with Gasteiger partial charge in [-0.25, -0.2) is 4.68 Å². The van der Waals surface area contributed by atoms with Gasteiger partial charge in [-0.15, -0.1) is 0 Å². The largest absolute Gasteiger partial charge is 0.326 e. The summed E-state index contributed by atoms with van der Waals surface area (Å²) in [6.07, 6.45) is 1.58. The van der Waals surface area contributed by atoms with E-state index in [4.69, 9.17) is 23.2 Å². The molecule has 0 aliphatic carbocycles. The predicted molar refractivity (Wildman–Crippen MR) is 120 cm³/mol. The second-order valence-corrected chi connectivity index (χ2v) is 8.63. The van der Waals surface area contributed by atoms with Crippen molar-refractivity contribution in [2.45, 2.75) is 27.3 Å². The molecule has 0 bridgehead atoms. The molecule has 156 valence electrons. The molecule has 30 heavy (non-hydrogen) atoms. The minimum absolute atomic E-state index is 0.130.